The first-order valence-corrected chi connectivity index (χ1v) is 5.36. The third-order valence-electron chi connectivity index (χ3n) is 2.13. The Hall–Kier alpha value is -1.14. The lowest BCUT2D eigenvalue weighted by atomic mass is 10.0. The van der Waals surface area contributed by atoms with Crippen molar-refractivity contribution >= 4 is 11.9 Å². The molecule has 0 aliphatic heterocycles. The van der Waals surface area contributed by atoms with Gasteiger partial charge in [-0.1, -0.05) is 13.8 Å². The maximum absolute atomic E-state index is 11.4. The van der Waals surface area contributed by atoms with Gasteiger partial charge in [-0.2, -0.15) is 0 Å². The highest BCUT2D eigenvalue weighted by atomic mass is 16.4. The van der Waals surface area contributed by atoms with Crippen molar-refractivity contribution in [2.75, 3.05) is 6.54 Å². The van der Waals surface area contributed by atoms with Crippen LogP contribution in [0, 0.1) is 5.92 Å². The van der Waals surface area contributed by atoms with Crippen molar-refractivity contribution in [3.05, 3.63) is 0 Å². The van der Waals surface area contributed by atoms with Crippen LogP contribution in [-0.2, 0) is 9.59 Å². The normalized spacial score (nSPS) is 14.6. The maximum atomic E-state index is 11.4. The van der Waals surface area contributed by atoms with E-state index in [0.29, 0.717) is 12.3 Å². The Kier molecular flexibility index (Phi) is 6.67. The van der Waals surface area contributed by atoms with Crippen LogP contribution in [0.15, 0.2) is 0 Å². The van der Waals surface area contributed by atoms with Gasteiger partial charge in [-0.05, 0) is 18.8 Å². The Labute approximate surface area is 95.4 Å². The van der Waals surface area contributed by atoms with Gasteiger partial charge in [0.15, 0.2) is 0 Å². The van der Waals surface area contributed by atoms with Crippen LogP contribution in [0.25, 0.3) is 0 Å². The average Bonchev–Trinajstić information content (AvgIpc) is 2.15. The minimum Gasteiger partial charge on any atom is -0.480 e. The van der Waals surface area contributed by atoms with E-state index in [1.54, 1.807) is 0 Å². The number of nitrogens with one attached hydrogen (secondary N) is 1. The molecule has 0 radical (unpaired) electrons. The predicted molar refractivity (Wildman–Crippen MR) is 60.7 cm³/mol. The predicted octanol–water partition coefficient (Wildman–Crippen LogP) is -0.722. The zero-order valence-corrected chi connectivity index (χ0v) is 9.77. The Morgan fingerprint density at radius 2 is 1.81 bits per heavy atom. The molecule has 16 heavy (non-hydrogen) atoms. The second-order valence-corrected chi connectivity index (χ2v) is 4.26. The SMILES string of the molecule is CC(C)CC(N)C(=O)NCCC(N)C(=O)O. The highest BCUT2D eigenvalue weighted by Crippen LogP contribution is 2.02. The Balaban J connectivity index is 3.77. The summed E-state index contributed by atoms with van der Waals surface area (Å²) < 4.78 is 0. The van der Waals surface area contributed by atoms with Crippen molar-refractivity contribution in [3.8, 4) is 0 Å². The van der Waals surface area contributed by atoms with Gasteiger partial charge in [0.1, 0.15) is 6.04 Å². The lowest BCUT2D eigenvalue weighted by Gasteiger charge is -2.14. The number of aliphatic carboxylic acids is 1. The van der Waals surface area contributed by atoms with Crippen LogP contribution in [0.2, 0.25) is 0 Å². The molecule has 0 heterocycles. The quantitative estimate of drug-likeness (QED) is 0.461. The fourth-order valence-corrected chi connectivity index (χ4v) is 1.22. The number of carboxylic acids is 1. The molecule has 0 aromatic rings. The van der Waals surface area contributed by atoms with Crippen molar-refractivity contribution < 1.29 is 14.7 Å². The van der Waals surface area contributed by atoms with Crippen LogP contribution in [0.5, 0.6) is 0 Å². The molecular weight excluding hydrogens is 210 g/mol. The third-order valence-corrected chi connectivity index (χ3v) is 2.13. The average molecular weight is 231 g/mol. The summed E-state index contributed by atoms with van der Waals surface area (Å²) in [4.78, 5) is 21.8. The van der Waals surface area contributed by atoms with E-state index >= 15 is 0 Å². The molecule has 0 aromatic heterocycles. The van der Waals surface area contributed by atoms with E-state index in [1.807, 2.05) is 13.8 Å². The van der Waals surface area contributed by atoms with E-state index in [-0.39, 0.29) is 18.9 Å². The van der Waals surface area contributed by atoms with E-state index < -0.39 is 18.1 Å². The van der Waals surface area contributed by atoms with E-state index in [1.165, 1.54) is 0 Å². The van der Waals surface area contributed by atoms with E-state index in [2.05, 4.69) is 5.32 Å². The molecule has 2 unspecified atom stereocenters. The summed E-state index contributed by atoms with van der Waals surface area (Å²) in [6.45, 7) is 4.19. The largest absolute Gasteiger partial charge is 0.480 e. The number of carbonyl (C=O) groups is 2. The van der Waals surface area contributed by atoms with Crippen molar-refractivity contribution in [3.63, 3.8) is 0 Å². The molecule has 0 fully saturated rings. The number of hydrogen-bond acceptors (Lipinski definition) is 4. The zero-order valence-electron chi connectivity index (χ0n) is 9.77. The van der Waals surface area contributed by atoms with Crippen molar-refractivity contribution in [1.82, 2.24) is 5.32 Å². The van der Waals surface area contributed by atoms with Gasteiger partial charge in [0.25, 0.3) is 0 Å². The fraction of sp³-hybridized carbons (Fsp3) is 0.800. The van der Waals surface area contributed by atoms with Gasteiger partial charge < -0.3 is 21.9 Å². The molecule has 0 saturated heterocycles. The smallest absolute Gasteiger partial charge is 0.320 e. The summed E-state index contributed by atoms with van der Waals surface area (Å²) in [5, 5.41) is 11.1. The number of hydrogen-bond donors (Lipinski definition) is 4. The molecular formula is C10H21N3O3. The van der Waals surface area contributed by atoms with E-state index in [4.69, 9.17) is 16.6 Å². The zero-order chi connectivity index (χ0) is 12.7. The van der Waals surface area contributed by atoms with Crippen LogP contribution in [0.1, 0.15) is 26.7 Å². The van der Waals surface area contributed by atoms with Gasteiger partial charge >= 0.3 is 5.97 Å². The summed E-state index contributed by atoms with van der Waals surface area (Å²) in [6.07, 6.45) is 0.812. The Bertz CT molecular complexity index is 243. The number of amides is 1. The first-order valence-electron chi connectivity index (χ1n) is 5.36. The molecule has 0 saturated carbocycles. The summed E-state index contributed by atoms with van der Waals surface area (Å²) in [7, 11) is 0. The first-order chi connectivity index (χ1) is 7.34. The molecule has 6 heteroatoms. The van der Waals surface area contributed by atoms with Crippen molar-refractivity contribution in [2.24, 2.45) is 17.4 Å². The van der Waals surface area contributed by atoms with Crippen LogP contribution >= 0.6 is 0 Å². The van der Waals surface area contributed by atoms with Crippen molar-refractivity contribution in [2.45, 2.75) is 38.8 Å². The third kappa shape index (κ3) is 6.36. The highest BCUT2D eigenvalue weighted by molar-refractivity contribution is 5.81. The van der Waals surface area contributed by atoms with Crippen LogP contribution in [0.4, 0.5) is 0 Å². The molecule has 0 rings (SSSR count). The standard InChI is InChI=1S/C10H21N3O3/c1-6(2)5-8(12)9(14)13-4-3-7(11)10(15)16/h6-8H,3-5,11-12H2,1-2H3,(H,13,14)(H,15,16). The van der Waals surface area contributed by atoms with E-state index in [0.717, 1.165) is 0 Å². The molecule has 0 spiro atoms. The molecule has 2 atom stereocenters. The van der Waals surface area contributed by atoms with Gasteiger partial charge in [-0.15, -0.1) is 0 Å². The molecule has 0 aliphatic rings. The highest BCUT2D eigenvalue weighted by Gasteiger charge is 2.16. The minimum absolute atomic E-state index is 0.204. The lowest BCUT2D eigenvalue weighted by molar-refractivity contribution is -0.138. The number of carboxylic acid groups (broad SMARTS) is 1. The molecule has 6 N–H and O–H groups in total. The van der Waals surface area contributed by atoms with Gasteiger partial charge in [0.2, 0.25) is 5.91 Å². The molecule has 0 aromatic carbocycles. The summed E-state index contributed by atoms with van der Waals surface area (Å²) in [6, 6.07) is -1.48. The van der Waals surface area contributed by atoms with Crippen LogP contribution in [0.3, 0.4) is 0 Å². The number of nitrogens with two attached hydrogens (primary N) is 2. The topological polar surface area (TPSA) is 118 Å². The molecule has 6 nitrogen and oxygen atoms in total. The van der Waals surface area contributed by atoms with Crippen molar-refractivity contribution in [1.29, 1.82) is 0 Å². The number of rotatable bonds is 7. The number of carbonyl (C=O) groups excluding carboxylic acids is 1. The van der Waals surface area contributed by atoms with Gasteiger partial charge in [-0.25, -0.2) is 0 Å². The van der Waals surface area contributed by atoms with Gasteiger partial charge in [0.05, 0.1) is 6.04 Å². The summed E-state index contributed by atoms with van der Waals surface area (Å²) >= 11 is 0. The second kappa shape index (κ2) is 7.19. The van der Waals surface area contributed by atoms with Gasteiger partial charge in [-0.3, -0.25) is 9.59 Å². The molecule has 0 bridgehead atoms. The monoisotopic (exact) mass is 231 g/mol. The van der Waals surface area contributed by atoms with E-state index in [9.17, 15) is 9.59 Å². The van der Waals surface area contributed by atoms with Crippen LogP contribution < -0.4 is 16.8 Å². The Morgan fingerprint density at radius 1 is 1.25 bits per heavy atom. The first kappa shape index (κ1) is 14.9. The van der Waals surface area contributed by atoms with Gasteiger partial charge in [0, 0.05) is 6.54 Å². The summed E-state index contributed by atoms with van der Waals surface area (Å²) in [5.41, 5.74) is 10.9. The maximum Gasteiger partial charge on any atom is 0.320 e. The lowest BCUT2D eigenvalue weighted by Crippen LogP contribution is -2.43. The molecule has 0 aliphatic carbocycles. The van der Waals surface area contributed by atoms with Crippen LogP contribution in [-0.4, -0.2) is 35.6 Å². The second-order valence-electron chi connectivity index (χ2n) is 4.26. The minimum atomic E-state index is -1.07. The Morgan fingerprint density at radius 3 is 2.25 bits per heavy atom. The molecule has 94 valence electrons. The molecule has 1 amide bonds. The summed E-state index contributed by atoms with van der Waals surface area (Å²) in [5.74, 6) is -0.978. The fourth-order valence-electron chi connectivity index (χ4n) is 1.22.